The predicted molar refractivity (Wildman–Crippen MR) is 70.6 cm³/mol. The first kappa shape index (κ1) is 14.5. The van der Waals surface area contributed by atoms with Crippen molar-refractivity contribution < 1.29 is 4.79 Å². The van der Waals surface area contributed by atoms with Gasteiger partial charge in [0.2, 0.25) is 5.91 Å². The molecule has 2 unspecified atom stereocenters. The molecule has 1 fully saturated rings. The van der Waals surface area contributed by atoms with Gasteiger partial charge in [-0.25, -0.2) is 0 Å². The molecule has 0 spiro atoms. The number of nitrogens with two attached hydrogens (primary N) is 1. The number of likely N-dealkylation sites (tertiary alicyclic amines) is 1. The van der Waals surface area contributed by atoms with Crippen molar-refractivity contribution in [1.82, 2.24) is 10.2 Å². The van der Waals surface area contributed by atoms with Crippen LogP contribution < -0.4 is 11.1 Å². The second-order valence-electron chi connectivity index (χ2n) is 6.49. The number of nitrogens with one attached hydrogen (secondary N) is 1. The number of piperidine rings is 1. The van der Waals surface area contributed by atoms with Crippen molar-refractivity contribution in [2.45, 2.75) is 46.2 Å². The van der Waals surface area contributed by atoms with Crippen LogP contribution >= 0.6 is 0 Å². The lowest BCUT2D eigenvalue weighted by atomic mass is 9.86. The van der Waals surface area contributed by atoms with Gasteiger partial charge in [-0.1, -0.05) is 27.7 Å². The maximum atomic E-state index is 12.0. The molecule has 0 aliphatic carbocycles. The first-order valence-corrected chi connectivity index (χ1v) is 6.46. The summed E-state index contributed by atoms with van der Waals surface area (Å²) in [7, 11) is 2.12. The number of hydrogen-bond acceptors (Lipinski definition) is 3. The van der Waals surface area contributed by atoms with Gasteiger partial charge in [0, 0.05) is 12.6 Å². The molecule has 0 aromatic heterocycles. The van der Waals surface area contributed by atoms with Crippen LogP contribution in [-0.2, 0) is 4.79 Å². The summed E-state index contributed by atoms with van der Waals surface area (Å²) in [5.41, 5.74) is 5.78. The van der Waals surface area contributed by atoms with Crippen molar-refractivity contribution >= 4 is 5.91 Å². The number of nitrogens with zero attached hydrogens (tertiary/aromatic N) is 1. The number of amides is 1. The number of carbonyl (C=O) groups is 1. The second-order valence-corrected chi connectivity index (χ2v) is 6.49. The minimum atomic E-state index is -0.436. The van der Waals surface area contributed by atoms with Crippen molar-refractivity contribution in [3.05, 3.63) is 0 Å². The van der Waals surface area contributed by atoms with E-state index in [1.165, 1.54) is 0 Å². The number of rotatable bonds is 2. The van der Waals surface area contributed by atoms with Crippen LogP contribution in [0.2, 0.25) is 0 Å². The molecular formula is C13H27N3O. The van der Waals surface area contributed by atoms with Gasteiger partial charge in [-0.2, -0.15) is 0 Å². The Bertz CT molecular complexity index is 272. The van der Waals surface area contributed by atoms with Crippen LogP contribution in [0.5, 0.6) is 0 Å². The quantitative estimate of drug-likeness (QED) is 0.752. The standard InChI is InChI=1S/C13H27N3O/c1-9-8-16(5)7-6-10(9)15-12(17)11(14)13(2,3)4/h9-11H,6-8,14H2,1-5H3,(H,15,17)/t9?,10?,11-/m0/s1. The Morgan fingerprint density at radius 2 is 2.06 bits per heavy atom. The maximum Gasteiger partial charge on any atom is 0.237 e. The molecule has 1 rings (SSSR count). The van der Waals surface area contributed by atoms with Gasteiger partial charge in [0.15, 0.2) is 0 Å². The van der Waals surface area contributed by atoms with Gasteiger partial charge in [0.25, 0.3) is 0 Å². The van der Waals surface area contributed by atoms with Crippen molar-refractivity contribution in [3.63, 3.8) is 0 Å². The van der Waals surface area contributed by atoms with E-state index in [0.717, 1.165) is 19.5 Å². The molecule has 1 heterocycles. The summed E-state index contributed by atoms with van der Waals surface area (Å²) in [5, 5.41) is 3.10. The zero-order valence-corrected chi connectivity index (χ0v) is 11.8. The number of hydrogen-bond donors (Lipinski definition) is 2. The summed E-state index contributed by atoms with van der Waals surface area (Å²) in [6.07, 6.45) is 1.01. The SMILES string of the molecule is CC1CN(C)CCC1NC(=O)[C@H](N)C(C)(C)C. The zero-order valence-electron chi connectivity index (χ0n) is 11.8. The molecule has 4 nitrogen and oxygen atoms in total. The molecule has 0 aromatic carbocycles. The first-order valence-electron chi connectivity index (χ1n) is 6.46. The first-order chi connectivity index (χ1) is 7.71. The van der Waals surface area contributed by atoms with E-state index in [2.05, 4.69) is 24.2 Å². The Morgan fingerprint density at radius 1 is 1.47 bits per heavy atom. The Morgan fingerprint density at radius 3 is 2.53 bits per heavy atom. The lowest BCUT2D eigenvalue weighted by Crippen LogP contribution is -2.55. The van der Waals surface area contributed by atoms with Gasteiger partial charge >= 0.3 is 0 Å². The van der Waals surface area contributed by atoms with Gasteiger partial charge < -0.3 is 16.0 Å². The molecule has 0 aromatic rings. The Balaban J connectivity index is 2.52. The Labute approximate surface area is 105 Å². The average Bonchev–Trinajstić information content (AvgIpc) is 2.19. The van der Waals surface area contributed by atoms with E-state index in [1.54, 1.807) is 0 Å². The fraction of sp³-hybridized carbons (Fsp3) is 0.923. The molecule has 100 valence electrons. The third kappa shape index (κ3) is 3.96. The van der Waals surface area contributed by atoms with Crippen LogP contribution in [0.1, 0.15) is 34.1 Å². The number of carbonyl (C=O) groups excluding carboxylic acids is 1. The minimum Gasteiger partial charge on any atom is -0.352 e. The summed E-state index contributed by atoms with van der Waals surface area (Å²) in [5.74, 6) is 0.476. The molecule has 4 heteroatoms. The van der Waals surface area contributed by atoms with Crippen LogP contribution in [0.25, 0.3) is 0 Å². The topological polar surface area (TPSA) is 58.4 Å². The summed E-state index contributed by atoms with van der Waals surface area (Å²) in [6.45, 7) is 10.2. The maximum absolute atomic E-state index is 12.0. The van der Waals surface area contributed by atoms with E-state index < -0.39 is 6.04 Å². The van der Waals surface area contributed by atoms with Crippen LogP contribution in [0.3, 0.4) is 0 Å². The molecule has 3 N–H and O–H groups in total. The van der Waals surface area contributed by atoms with Crippen LogP contribution in [-0.4, -0.2) is 43.0 Å². The fourth-order valence-electron chi connectivity index (χ4n) is 2.23. The van der Waals surface area contributed by atoms with Gasteiger partial charge in [0.05, 0.1) is 6.04 Å². The minimum absolute atomic E-state index is 0.0149. The Hall–Kier alpha value is -0.610. The van der Waals surface area contributed by atoms with E-state index in [4.69, 9.17) is 5.73 Å². The summed E-state index contributed by atoms with van der Waals surface area (Å²) in [6, 6.07) is -0.165. The summed E-state index contributed by atoms with van der Waals surface area (Å²) >= 11 is 0. The molecular weight excluding hydrogens is 214 g/mol. The lowest BCUT2D eigenvalue weighted by molar-refractivity contribution is -0.125. The molecule has 1 aliphatic heterocycles. The van der Waals surface area contributed by atoms with Crippen LogP contribution in [0.15, 0.2) is 0 Å². The Kier molecular flexibility index (Phi) is 4.55. The van der Waals surface area contributed by atoms with E-state index in [1.807, 2.05) is 20.8 Å². The van der Waals surface area contributed by atoms with Crippen molar-refractivity contribution in [2.24, 2.45) is 17.1 Å². The van der Waals surface area contributed by atoms with E-state index in [0.29, 0.717) is 5.92 Å². The predicted octanol–water partition coefficient (Wildman–Crippen LogP) is 0.816. The van der Waals surface area contributed by atoms with Gasteiger partial charge in [-0.05, 0) is 31.3 Å². The molecule has 1 saturated heterocycles. The largest absolute Gasteiger partial charge is 0.352 e. The highest BCUT2D eigenvalue weighted by Crippen LogP contribution is 2.19. The summed E-state index contributed by atoms with van der Waals surface area (Å²) < 4.78 is 0. The molecule has 0 bridgehead atoms. The van der Waals surface area contributed by atoms with Crippen LogP contribution in [0, 0.1) is 11.3 Å². The monoisotopic (exact) mass is 241 g/mol. The fourth-order valence-corrected chi connectivity index (χ4v) is 2.23. The van der Waals surface area contributed by atoms with Gasteiger partial charge in [-0.3, -0.25) is 4.79 Å². The third-order valence-corrected chi connectivity index (χ3v) is 3.65. The highest BCUT2D eigenvalue weighted by atomic mass is 16.2. The van der Waals surface area contributed by atoms with Gasteiger partial charge in [0.1, 0.15) is 0 Å². The molecule has 1 aliphatic rings. The highest BCUT2D eigenvalue weighted by Gasteiger charge is 2.31. The smallest absolute Gasteiger partial charge is 0.237 e. The third-order valence-electron chi connectivity index (χ3n) is 3.65. The van der Waals surface area contributed by atoms with Crippen LogP contribution in [0.4, 0.5) is 0 Å². The van der Waals surface area contributed by atoms with Gasteiger partial charge in [-0.15, -0.1) is 0 Å². The molecule has 1 amide bonds. The molecule has 0 radical (unpaired) electrons. The average molecular weight is 241 g/mol. The van der Waals surface area contributed by atoms with E-state index in [9.17, 15) is 4.79 Å². The molecule has 0 saturated carbocycles. The highest BCUT2D eigenvalue weighted by molar-refractivity contribution is 5.82. The van der Waals surface area contributed by atoms with Crippen molar-refractivity contribution in [1.29, 1.82) is 0 Å². The lowest BCUT2D eigenvalue weighted by Gasteiger charge is -2.36. The summed E-state index contributed by atoms with van der Waals surface area (Å²) in [4.78, 5) is 14.3. The van der Waals surface area contributed by atoms with Crippen molar-refractivity contribution in [3.8, 4) is 0 Å². The molecule has 3 atom stereocenters. The normalized spacial score (nSPS) is 28.8. The van der Waals surface area contributed by atoms with Crippen molar-refractivity contribution in [2.75, 3.05) is 20.1 Å². The second kappa shape index (κ2) is 5.36. The van der Waals surface area contributed by atoms with E-state index in [-0.39, 0.29) is 17.4 Å². The molecule has 17 heavy (non-hydrogen) atoms. The van der Waals surface area contributed by atoms with E-state index >= 15 is 0 Å². The zero-order chi connectivity index (χ0) is 13.2.